The van der Waals surface area contributed by atoms with Crippen LogP contribution in [0.25, 0.3) is 0 Å². The van der Waals surface area contributed by atoms with Gasteiger partial charge in [0.25, 0.3) is 0 Å². The van der Waals surface area contributed by atoms with Crippen LogP contribution in [0.3, 0.4) is 0 Å². The molecule has 0 bridgehead atoms. The zero-order valence-electron chi connectivity index (χ0n) is 14.1. The van der Waals surface area contributed by atoms with Crippen molar-refractivity contribution in [2.45, 2.75) is 72.9 Å². The molecule has 0 heterocycles. The average Bonchev–Trinajstić information content (AvgIpc) is 2.16. The number of benzene rings is 1. The average molecular weight is 260 g/mol. The normalized spacial score (nSPS) is 12.5. The molecule has 0 saturated carbocycles. The molecule has 0 amide bonds. The molecule has 0 fully saturated rings. The zero-order valence-corrected chi connectivity index (χ0v) is 14.1. The fourth-order valence-electron chi connectivity index (χ4n) is 2.25. The second-order valence-corrected chi connectivity index (χ2v) is 7.86. The Bertz CT molecular complexity index is 412. The Hall–Kier alpha value is -0.915. The molecular formula is C17H29BO. The lowest BCUT2D eigenvalue weighted by atomic mass is 9.73. The molecule has 19 heavy (non-hydrogen) atoms. The fourth-order valence-corrected chi connectivity index (χ4v) is 2.25. The van der Waals surface area contributed by atoms with Crippen LogP contribution in [0.15, 0.2) is 12.1 Å². The molecule has 106 valence electrons. The summed E-state index contributed by atoms with van der Waals surface area (Å²) >= 11 is 0. The molecule has 1 rings (SSSR count). The largest absolute Gasteiger partial charge is 0.561 e. The summed E-state index contributed by atoms with van der Waals surface area (Å²) in [7, 11) is 0. The van der Waals surface area contributed by atoms with Crippen molar-refractivity contribution in [1.29, 1.82) is 0 Å². The minimum atomic E-state index is 0.0935. The maximum absolute atomic E-state index is 6.18. The topological polar surface area (TPSA) is 9.23 Å². The van der Waals surface area contributed by atoms with Gasteiger partial charge in [-0.25, -0.2) is 0 Å². The van der Waals surface area contributed by atoms with Gasteiger partial charge in [0.2, 0.25) is 0 Å². The van der Waals surface area contributed by atoms with E-state index < -0.39 is 0 Å². The van der Waals surface area contributed by atoms with Crippen molar-refractivity contribution < 1.29 is 4.65 Å². The van der Waals surface area contributed by atoms with Gasteiger partial charge < -0.3 is 4.65 Å². The van der Waals surface area contributed by atoms with E-state index in [1.54, 1.807) is 0 Å². The van der Waals surface area contributed by atoms with Gasteiger partial charge in [-0.1, -0.05) is 59.2 Å². The number of hydrogen-bond donors (Lipinski definition) is 0. The molecule has 0 N–H and O–H groups in total. The van der Waals surface area contributed by atoms with Crippen molar-refractivity contribution in [3.63, 3.8) is 0 Å². The summed E-state index contributed by atoms with van der Waals surface area (Å²) in [5, 5.41) is 0. The molecule has 1 nitrogen and oxygen atoms in total. The third-order valence-electron chi connectivity index (χ3n) is 3.20. The minimum Gasteiger partial charge on any atom is -0.561 e. The van der Waals surface area contributed by atoms with E-state index in [2.05, 4.69) is 74.2 Å². The molecule has 1 aromatic rings. The van der Waals surface area contributed by atoms with E-state index in [9.17, 15) is 0 Å². The van der Waals surface area contributed by atoms with E-state index in [-0.39, 0.29) is 17.7 Å². The number of aryl methyl sites for hydroxylation is 1. The Morgan fingerprint density at radius 3 is 1.47 bits per heavy atom. The van der Waals surface area contributed by atoms with E-state index in [1.807, 2.05) is 0 Å². The Balaban J connectivity index is 3.58. The molecular weight excluding hydrogens is 231 g/mol. The van der Waals surface area contributed by atoms with Gasteiger partial charge in [-0.2, -0.15) is 0 Å². The van der Waals surface area contributed by atoms with Crippen LogP contribution < -0.4 is 4.65 Å². The maximum Gasteiger partial charge on any atom is 0.351 e. The summed E-state index contributed by atoms with van der Waals surface area (Å²) in [6.45, 7) is 20.1. The molecule has 1 aromatic carbocycles. The van der Waals surface area contributed by atoms with Crippen LogP contribution in [0.2, 0.25) is 13.6 Å². The number of hydrogen-bond acceptors (Lipinski definition) is 1. The molecule has 0 aliphatic rings. The molecule has 0 spiro atoms. The van der Waals surface area contributed by atoms with Crippen LogP contribution >= 0.6 is 0 Å². The molecule has 0 aromatic heterocycles. The van der Waals surface area contributed by atoms with Crippen LogP contribution in [0.1, 0.15) is 58.2 Å². The van der Waals surface area contributed by atoms with E-state index >= 15 is 0 Å². The molecule has 0 unspecified atom stereocenters. The van der Waals surface area contributed by atoms with Gasteiger partial charge in [-0.05, 0) is 42.5 Å². The van der Waals surface area contributed by atoms with Crippen molar-refractivity contribution in [3.05, 3.63) is 28.8 Å². The quantitative estimate of drug-likeness (QED) is 0.662. The highest BCUT2D eigenvalue weighted by molar-refractivity contribution is 6.49. The third kappa shape index (κ3) is 4.02. The molecule has 0 aliphatic heterocycles. The lowest BCUT2D eigenvalue weighted by Crippen LogP contribution is -2.23. The Morgan fingerprint density at radius 1 is 0.842 bits per heavy atom. The van der Waals surface area contributed by atoms with Crippen molar-refractivity contribution in [1.82, 2.24) is 0 Å². The van der Waals surface area contributed by atoms with Crippen LogP contribution in [-0.2, 0) is 10.8 Å². The molecule has 0 saturated heterocycles. The van der Waals surface area contributed by atoms with E-state index in [0.29, 0.717) is 0 Å². The van der Waals surface area contributed by atoms with Gasteiger partial charge in [0.15, 0.2) is 0 Å². The predicted molar refractivity (Wildman–Crippen MR) is 86.7 cm³/mol. The van der Waals surface area contributed by atoms with Crippen LogP contribution in [0.4, 0.5) is 0 Å². The lowest BCUT2D eigenvalue weighted by Gasteiger charge is -2.31. The van der Waals surface area contributed by atoms with Crippen molar-refractivity contribution in [2.75, 3.05) is 0 Å². The summed E-state index contributed by atoms with van der Waals surface area (Å²) in [6, 6.07) is 4.54. The summed E-state index contributed by atoms with van der Waals surface area (Å²) in [5.74, 6) is 1.08. The van der Waals surface area contributed by atoms with Crippen LogP contribution in [0, 0.1) is 6.92 Å². The highest BCUT2D eigenvalue weighted by atomic mass is 16.4. The highest BCUT2D eigenvalue weighted by Gasteiger charge is 2.27. The summed E-state index contributed by atoms with van der Waals surface area (Å²) < 4.78 is 6.18. The first-order valence-corrected chi connectivity index (χ1v) is 7.25. The first-order chi connectivity index (χ1) is 8.43. The second kappa shape index (κ2) is 5.23. The van der Waals surface area contributed by atoms with Gasteiger partial charge in [0.05, 0.1) is 0 Å². The van der Waals surface area contributed by atoms with E-state index in [4.69, 9.17) is 4.65 Å². The van der Waals surface area contributed by atoms with Gasteiger partial charge in [0.1, 0.15) is 5.75 Å². The second-order valence-electron chi connectivity index (χ2n) is 7.86. The SMILES string of the molecule is CB(C)Oc1c(C(C)(C)C)cc(C)cc1C(C)(C)C. The molecule has 0 radical (unpaired) electrons. The molecule has 2 heteroatoms. The summed E-state index contributed by atoms with van der Waals surface area (Å²) in [4.78, 5) is 0. The molecule has 0 aliphatic carbocycles. The van der Waals surface area contributed by atoms with Crippen LogP contribution in [-0.4, -0.2) is 6.92 Å². The monoisotopic (exact) mass is 260 g/mol. The first kappa shape index (κ1) is 16.1. The highest BCUT2D eigenvalue weighted by Crippen LogP contribution is 2.40. The van der Waals surface area contributed by atoms with Gasteiger partial charge in [0, 0.05) is 0 Å². The Labute approximate surface area is 119 Å². The lowest BCUT2D eigenvalue weighted by molar-refractivity contribution is 0.487. The van der Waals surface area contributed by atoms with Crippen molar-refractivity contribution in [3.8, 4) is 5.75 Å². The van der Waals surface area contributed by atoms with E-state index in [0.717, 1.165) is 5.75 Å². The predicted octanol–water partition coefficient (Wildman–Crippen LogP) is 5.22. The summed E-state index contributed by atoms with van der Waals surface area (Å²) in [5.41, 5.74) is 4.12. The number of rotatable bonds is 2. The third-order valence-corrected chi connectivity index (χ3v) is 3.20. The first-order valence-electron chi connectivity index (χ1n) is 7.25. The van der Waals surface area contributed by atoms with Gasteiger partial charge in [-0.3, -0.25) is 0 Å². The maximum atomic E-state index is 6.18. The van der Waals surface area contributed by atoms with Crippen molar-refractivity contribution >= 4 is 6.92 Å². The van der Waals surface area contributed by atoms with Gasteiger partial charge >= 0.3 is 6.92 Å². The zero-order chi connectivity index (χ0) is 15.0. The Morgan fingerprint density at radius 2 is 1.21 bits per heavy atom. The van der Waals surface area contributed by atoms with E-state index in [1.165, 1.54) is 16.7 Å². The van der Waals surface area contributed by atoms with Gasteiger partial charge in [-0.15, -0.1) is 0 Å². The van der Waals surface area contributed by atoms with Crippen molar-refractivity contribution in [2.24, 2.45) is 0 Å². The summed E-state index contributed by atoms with van der Waals surface area (Å²) in [6.07, 6.45) is 0. The Kier molecular flexibility index (Phi) is 4.44. The van der Waals surface area contributed by atoms with Crippen LogP contribution in [0.5, 0.6) is 5.75 Å². The minimum absolute atomic E-state index is 0.0935. The molecule has 0 atom stereocenters. The fraction of sp³-hybridized carbons (Fsp3) is 0.647. The smallest absolute Gasteiger partial charge is 0.351 e. The standard InChI is InChI=1S/C17H29BO/c1-12-10-13(16(2,3)4)15(19-18(8)9)14(11-12)17(5,6)7/h10-11H,1-9H3.